The lowest BCUT2D eigenvalue weighted by molar-refractivity contribution is 0.0697. The predicted octanol–water partition coefficient (Wildman–Crippen LogP) is 3.33. The third kappa shape index (κ3) is 5.56. The molecule has 0 aromatic heterocycles. The monoisotopic (exact) mass is 369 g/mol. The van der Waals surface area contributed by atoms with E-state index >= 15 is 0 Å². The van der Waals surface area contributed by atoms with Crippen molar-refractivity contribution in [1.82, 2.24) is 4.90 Å². The molecule has 144 valence electrons. The second-order valence-electron chi connectivity index (χ2n) is 6.74. The minimum absolute atomic E-state index is 0.178. The summed E-state index contributed by atoms with van der Waals surface area (Å²) in [6.45, 7) is 6.19. The zero-order valence-electron chi connectivity index (χ0n) is 16.3. The van der Waals surface area contributed by atoms with Crippen LogP contribution in [0.15, 0.2) is 42.5 Å². The number of nitrogens with zero attached hydrogens (tertiary/aromatic N) is 2. The van der Waals surface area contributed by atoms with Gasteiger partial charge in [0.2, 0.25) is 0 Å². The SMILES string of the molecule is CCN(CCN(C)C)c1ccc(NC(=O)c2ccc(C)cc2)cc1C(=O)O. The van der Waals surface area contributed by atoms with Crippen molar-refractivity contribution in [1.29, 1.82) is 0 Å². The van der Waals surface area contributed by atoms with Crippen LogP contribution in [-0.4, -0.2) is 55.6 Å². The molecule has 0 radical (unpaired) electrons. The van der Waals surface area contributed by atoms with Gasteiger partial charge >= 0.3 is 5.97 Å². The molecular formula is C21H27N3O3. The number of carbonyl (C=O) groups excluding carboxylic acids is 1. The van der Waals surface area contributed by atoms with Gasteiger partial charge < -0.3 is 20.2 Å². The van der Waals surface area contributed by atoms with Crippen LogP contribution in [0.2, 0.25) is 0 Å². The van der Waals surface area contributed by atoms with E-state index in [0.717, 1.165) is 18.7 Å². The quantitative estimate of drug-likeness (QED) is 0.747. The van der Waals surface area contributed by atoms with Gasteiger partial charge in [-0.2, -0.15) is 0 Å². The Morgan fingerprint density at radius 1 is 1.04 bits per heavy atom. The molecule has 0 spiro atoms. The molecule has 2 N–H and O–H groups in total. The number of nitrogens with one attached hydrogen (secondary N) is 1. The number of rotatable bonds is 8. The van der Waals surface area contributed by atoms with Crippen LogP contribution in [0.4, 0.5) is 11.4 Å². The Labute approximate surface area is 160 Å². The highest BCUT2D eigenvalue weighted by Crippen LogP contribution is 2.25. The van der Waals surface area contributed by atoms with Crippen molar-refractivity contribution < 1.29 is 14.7 Å². The van der Waals surface area contributed by atoms with Crippen LogP contribution in [0.5, 0.6) is 0 Å². The molecule has 6 nitrogen and oxygen atoms in total. The van der Waals surface area contributed by atoms with Crippen molar-refractivity contribution in [3.05, 3.63) is 59.2 Å². The van der Waals surface area contributed by atoms with Gasteiger partial charge in [-0.05, 0) is 58.3 Å². The Bertz CT molecular complexity index is 801. The molecule has 0 atom stereocenters. The van der Waals surface area contributed by atoms with Gasteiger partial charge in [0.05, 0.1) is 11.3 Å². The summed E-state index contributed by atoms with van der Waals surface area (Å²) in [6.07, 6.45) is 0. The Hall–Kier alpha value is -2.86. The zero-order valence-corrected chi connectivity index (χ0v) is 16.3. The van der Waals surface area contributed by atoms with Crippen LogP contribution in [-0.2, 0) is 0 Å². The van der Waals surface area contributed by atoms with E-state index < -0.39 is 5.97 Å². The number of carboxylic acids is 1. The van der Waals surface area contributed by atoms with Crippen molar-refractivity contribution in [2.75, 3.05) is 43.9 Å². The van der Waals surface area contributed by atoms with Crippen molar-refractivity contribution in [3.8, 4) is 0 Å². The average Bonchev–Trinajstić information content (AvgIpc) is 2.63. The van der Waals surface area contributed by atoms with Crippen molar-refractivity contribution in [3.63, 3.8) is 0 Å². The van der Waals surface area contributed by atoms with Gasteiger partial charge in [-0.3, -0.25) is 4.79 Å². The van der Waals surface area contributed by atoms with Gasteiger partial charge in [0, 0.05) is 30.9 Å². The van der Waals surface area contributed by atoms with Crippen LogP contribution in [0.3, 0.4) is 0 Å². The minimum Gasteiger partial charge on any atom is -0.478 e. The van der Waals surface area contributed by atoms with E-state index in [-0.39, 0.29) is 11.5 Å². The summed E-state index contributed by atoms with van der Waals surface area (Å²) in [5.74, 6) is -1.28. The molecule has 2 rings (SSSR count). The van der Waals surface area contributed by atoms with Gasteiger partial charge in [-0.1, -0.05) is 17.7 Å². The Morgan fingerprint density at radius 2 is 1.70 bits per heavy atom. The van der Waals surface area contributed by atoms with Gasteiger partial charge in [0.15, 0.2) is 0 Å². The highest BCUT2D eigenvalue weighted by atomic mass is 16.4. The third-order valence-electron chi connectivity index (χ3n) is 4.34. The molecule has 6 heteroatoms. The standard InChI is InChI=1S/C21H27N3O3/c1-5-24(13-12-23(3)4)19-11-10-17(14-18(19)21(26)27)22-20(25)16-8-6-15(2)7-9-16/h6-11,14H,5,12-13H2,1-4H3,(H,22,25)(H,26,27). The van der Waals surface area contributed by atoms with E-state index in [4.69, 9.17) is 0 Å². The van der Waals surface area contributed by atoms with E-state index in [2.05, 4.69) is 10.2 Å². The van der Waals surface area contributed by atoms with Gasteiger partial charge in [-0.15, -0.1) is 0 Å². The number of aromatic carboxylic acids is 1. The van der Waals surface area contributed by atoms with E-state index in [1.165, 1.54) is 6.07 Å². The van der Waals surface area contributed by atoms with Crippen LogP contribution < -0.4 is 10.2 Å². The lowest BCUT2D eigenvalue weighted by Crippen LogP contribution is -2.32. The highest BCUT2D eigenvalue weighted by molar-refractivity contribution is 6.05. The van der Waals surface area contributed by atoms with Crippen LogP contribution in [0, 0.1) is 6.92 Å². The van der Waals surface area contributed by atoms with Crippen LogP contribution in [0.1, 0.15) is 33.2 Å². The lowest BCUT2D eigenvalue weighted by atomic mass is 10.1. The fourth-order valence-electron chi connectivity index (χ4n) is 2.74. The maximum absolute atomic E-state index is 12.4. The molecule has 0 bridgehead atoms. The first kappa shape index (κ1) is 20.5. The summed E-state index contributed by atoms with van der Waals surface area (Å²) >= 11 is 0. The van der Waals surface area contributed by atoms with Crippen molar-refractivity contribution in [2.45, 2.75) is 13.8 Å². The molecule has 0 unspecified atom stereocenters. The fraction of sp³-hybridized carbons (Fsp3) is 0.333. The summed E-state index contributed by atoms with van der Waals surface area (Å²) in [6, 6.07) is 12.2. The molecule has 2 aromatic rings. The van der Waals surface area contributed by atoms with Crippen LogP contribution >= 0.6 is 0 Å². The first-order valence-electron chi connectivity index (χ1n) is 8.97. The molecular weight excluding hydrogens is 342 g/mol. The third-order valence-corrected chi connectivity index (χ3v) is 4.34. The van der Waals surface area contributed by atoms with Crippen molar-refractivity contribution in [2.24, 2.45) is 0 Å². The summed E-state index contributed by atoms with van der Waals surface area (Å²) < 4.78 is 0. The summed E-state index contributed by atoms with van der Waals surface area (Å²) in [7, 11) is 3.96. The molecule has 0 saturated heterocycles. The molecule has 0 aliphatic heterocycles. The molecule has 0 saturated carbocycles. The van der Waals surface area contributed by atoms with Crippen molar-refractivity contribution >= 4 is 23.3 Å². The molecule has 0 fully saturated rings. The van der Waals surface area contributed by atoms with E-state index in [9.17, 15) is 14.7 Å². The predicted molar refractivity (Wildman–Crippen MR) is 109 cm³/mol. The second-order valence-corrected chi connectivity index (χ2v) is 6.74. The number of benzene rings is 2. The van der Waals surface area contributed by atoms with E-state index in [0.29, 0.717) is 23.5 Å². The largest absolute Gasteiger partial charge is 0.478 e. The Kier molecular flexibility index (Phi) is 6.96. The van der Waals surface area contributed by atoms with E-state index in [1.54, 1.807) is 24.3 Å². The molecule has 0 heterocycles. The summed E-state index contributed by atoms with van der Waals surface area (Å²) in [5.41, 5.74) is 2.90. The Balaban J connectivity index is 2.24. The average molecular weight is 369 g/mol. The molecule has 27 heavy (non-hydrogen) atoms. The summed E-state index contributed by atoms with van der Waals surface area (Å²) in [5, 5.41) is 12.4. The van der Waals surface area contributed by atoms with Crippen LogP contribution in [0.25, 0.3) is 0 Å². The normalized spacial score (nSPS) is 10.7. The number of carbonyl (C=O) groups is 2. The topological polar surface area (TPSA) is 72.9 Å². The summed E-state index contributed by atoms with van der Waals surface area (Å²) in [4.78, 5) is 28.2. The highest BCUT2D eigenvalue weighted by Gasteiger charge is 2.17. The number of likely N-dealkylation sites (N-methyl/N-ethyl adjacent to an activating group) is 2. The molecule has 0 aliphatic rings. The maximum Gasteiger partial charge on any atom is 0.337 e. The number of hydrogen-bond acceptors (Lipinski definition) is 4. The van der Waals surface area contributed by atoms with Gasteiger partial charge in [0.1, 0.15) is 0 Å². The number of anilines is 2. The number of amides is 1. The Morgan fingerprint density at radius 3 is 2.26 bits per heavy atom. The zero-order chi connectivity index (χ0) is 20.0. The molecule has 1 amide bonds. The van der Waals surface area contributed by atoms with Gasteiger partial charge in [0.25, 0.3) is 5.91 Å². The number of hydrogen-bond donors (Lipinski definition) is 2. The fourth-order valence-corrected chi connectivity index (χ4v) is 2.74. The molecule has 0 aliphatic carbocycles. The minimum atomic E-state index is -1.01. The first-order chi connectivity index (χ1) is 12.8. The lowest BCUT2D eigenvalue weighted by Gasteiger charge is -2.26. The number of carboxylic acid groups (broad SMARTS) is 1. The smallest absolute Gasteiger partial charge is 0.337 e. The van der Waals surface area contributed by atoms with E-state index in [1.807, 2.05) is 45.0 Å². The first-order valence-corrected chi connectivity index (χ1v) is 8.97. The number of aryl methyl sites for hydroxylation is 1. The molecule has 2 aromatic carbocycles. The van der Waals surface area contributed by atoms with Gasteiger partial charge in [-0.25, -0.2) is 4.79 Å². The second kappa shape index (κ2) is 9.19. The maximum atomic E-state index is 12.4.